The largest absolute Gasteiger partial charge is 0.0764 e. The molecule has 0 N–H and O–H groups in total. The van der Waals surface area contributed by atoms with Gasteiger partial charge in [-0.15, -0.1) is 0 Å². The van der Waals surface area contributed by atoms with Crippen LogP contribution in [0.25, 0.3) is 16.8 Å². The normalized spacial score (nSPS) is 17.6. The van der Waals surface area contributed by atoms with E-state index in [-0.39, 0.29) is 0 Å². The summed E-state index contributed by atoms with van der Waals surface area (Å²) in [5, 5.41) is 2.73. The number of benzene rings is 2. The molecule has 3 rings (SSSR count). The van der Waals surface area contributed by atoms with E-state index in [1.165, 1.54) is 41.2 Å². The van der Waals surface area contributed by atoms with Crippen molar-refractivity contribution in [1.29, 1.82) is 0 Å². The molecule has 0 fully saturated rings. The van der Waals surface area contributed by atoms with E-state index in [1.807, 2.05) is 0 Å². The van der Waals surface area contributed by atoms with Crippen LogP contribution in [0.4, 0.5) is 0 Å². The van der Waals surface area contributed by atoms with E-state index in [4.69, 9.17) is 0 Å². The van der Waals surface area contributed by atoms with Gasteiger partial charge in [0.1, 0.15) is 0 Å². The maximum atomic E-state index is 2.38. The van der Waals surface area contributed by atoms with Crippen LogP contribution >= 0.6 is 0 Å². The number of rotatable bonds is 3. The summed E-state index contributed by atoms with van der Waals surface area (Å²) in [6, 6.07) is 13.4. The quantitative estimate of drug-likeness (QED) is 0.674. The number of allylic oxidation sites excluding steroid dienone is 1. The van der Waals surface area contributed by atoms with Gasteiger partial charge in [0.05, 0.1) is 0 Å². The molecule has 0 nitrogen and oxygen atoms in total. The molecule has 86 valence electrons. The first-order valence-corrected chi connectivity index (χ1v) is 6.59. The minimum absolute atomic E-state index is 0.648. The Labute approximate surface area is 103 Å². The van der Waals surface area contributed by atoms with E-state index >= 15 is 0 Å². The first-order chi connectivity index (χ1) is 8.38. The fourth-order valence-corrected chi connectivity index (χ4v) is 2.74. The van der Waals surface area contributed by atoms with Crippen LogP contribution in [0.5, 0.6) is 0 Å². The maximum Gasteiger partial charge on any atom is 0.00274 e. The van der Waals surface area contributed by atoms with Gasteiger partial charge in [0.2, 0.25) is 0 Å². The topological polar surface area (TPSA) is 0 Å². The highest BCUT2D eigenvalue weighted by Crippen LogP contribution is 2.36. The van der Waals surface area contributed by atoms with Crippen molar-refractivity contribution in [3.63, 3.8) is 0 Å². The van der Waals surface area contributed by atoms with Gasteiger partial charge in [-0.1, -0.05) is 56.2 Å². The van der Waals surface area contributed by atoms with Gasteiger partial charge in [0, 0.05) is 5.92 Å². The molecule has 17 heavy (non-hydrogen) atoms. The second-order valence-electron chi connectivity index (χ2n) is 4.94. The molecular formula is C17H18. The van der Waals surface area contributed by atoms with Crippen molar-refractivity contribution in [3.8, 4) is 0 Å². The molecule has 1 unspecified atom stereocenters. The fourth-order valence-electron chi connectivity index (χ4n) is 2.74. The number of fused-ring (bicyclic) bond motifs is 2. The summed E-state index contributed by atoms with van der Waals surface area (Å²) in [5.74, 6) is 0.648. The van der Waals surface area contributed by atoms with Crippen LogP contribution in [0.15, 0.2) is 42.5 Å². The summed E-state index contributed by atoms with van der Waals surface area (Å²) in [5.41, 5.74) is 2.95. The Morgan fingerprint density at radius 1 is 1.06 bits per heavy atom. The SMILES string of the molecule is CCCCC1C=Cc2cc3ccccc3cc21. The third-order valence-electron chi connectivity index (χ3n) is 3.73. The number of hydrogen-bond acceptors (Lipinski definition) is 0. The van der Waals surface area contributed by atoms with E-state index < -0.39 is 0 Å². The minimum atomic E-state index is 0.648. The molecule has 1 aliphatic carbocycles. The predicted octanol–water partition coefficient (Wildman–Crippen LogP) is 5.14. The Hall–Kier alpha value is -1.56. The number of hydrogen-bond donors (Lipinski definition) is 0. The molecule has 0 saturated carbocycles. The Balaban J connectivity index is 2.02. The highest BCUT2D eigenvalue weighted by molar-refractivity contribution is 5.87. The first-order valence-electron chi connectivity index (χ1n) is 6.59. The predicted molar refractivity (Wildman–Crippen MR) is 75.2 cm³/mol. The van der Waals surface area contributed by atoms with Crippen LogP contribution in [0.2, 0.25) is 0 Å². The average Bonchev–Trinajstić information content (AvgIpc) is 2.76. The maximum absolute atomic E-state index is 2.38. The van der Waals surface area contributed by atoms with Crippen molar-refractivity contribution in [1.82, 2.24) is 0 Å². The van der Waals surface area contributed by atoms with Crippen molar-refractivity contribution in [2.75, 3.05) is 0 Å². The average molecular weight is 222 g/mol. The van der Waals surface area contributed by atoms with Gasteiger partial charge in [0.25, 0.3) is 0 Å². The van der Waals surface area contributed by atoms with Gasteiger partial charge in [-0.3, -0.25) is 0 Å². The van der Waals surface area contributed by atoms with Crippen LogP contribution in [-0.2, 0) is 0 Å². The van der Waals surface area contributed by atoms with E-state index in [2.05, 4.69) is 55.5 Å². The summed E-state index contributed by atoms with van der Waals surface area (Å²) in [6.07, 6.45) is 8.56. The summed E-state index contributed by atoms with van der Waals surface area (Å²) in [7, 11) is 0. The third kappa shape index (κ3) is 1.88. The summed E-state index contributed by atoms with van der Waals surface area (Å²) in [6.45, 7) is 2.26. The smallest absolute Gasteiger partial charge is 0.00274 e. The summed E-state index contributed by atoms with van der Waals surface area (Å²) >= 11 is 0. The van der Waals surface area contributed by atoms with Gasteiger partial charge >= 0.3 is 0 Å². The van der Waals surface area contributed by atoms with Crippen LogP contribution < -0.4 is 0 Å². The Kier molecular flexibility index (Phi) is 2.72. The first kappa shape index (κ1) is 10.6. The molecule has 0 spiro atoms. The molecule has 0 radical (unpaired) electrons. The molecule has 0 bridgehead atoms. The van der Waals surface area contributed by atoms with Crippen molar-refractivity contribution < 1.29 is 0 Å². The summed E-state index contributed by atoms with van der Waals surface area (Å²) < 4.78 is 0. The molecule has 0 amide bonds. The van der Waals surface area contributed by atoms with Gasteiger partial charge in [-0.2, -0.15) is 0 Å². The second kappa shape index (κ2) is 4.37. The molecule has 2 aromatic rings. The molecular weight excluding hydrogens is 204 g/mol. The van der Waals surface area contributed by atoms with Gasteiger partial charge < -0.3 is 0 Å². The van der Waals surface area contributed by atoms with Gasteiger partial charge in [0.15, 0.2) is 0 Å². The molecule has 0 aliphatic heterocycles. The molecule has 0 heterocycles. The minimum Gasteiger partial charge on any atom is -0.0764 e. The standard InChI is InChI=1S/C17H18/c1-2-3-6-13-9-10-16-11-14-7-4-5-8-15(14)12-17(13)16/h4-5,7-13H,2-3,6H2,1H3. The Morgan fingerprint density at radius 3 is 2.59 bits per heavy atom. The molecule has 0 saturated heterocycles. The fraction of sp³-hybridized carbons (Fsp3) is 0.294. The van der Waals surface area contributed by atoms with Crippen molar-refractivity contribution in [3.05, 3.63) is 53.6 Å². The zero-order valence-corrected chi connectivity index (χ0v) is 10.3. The molecule has 1 atom stereocenters. The number of unbranched alkanes of at least 4 members (excludes halogenated alkanes) is 1. The van der Waals surface area contributed by atoms with Crippen LogP contribution in [0, 0.1) is 0 Å². The van der Waals surface area contributed by atoms with Gasteiger partial charge in [-0.05, 0) is 40.5 Å². The highest BCUT2D eigenvalue weighted by atomic mass is 14.2. The van der Waals surface area contributed by atoms with Gasteiger partial charge in [-0.25, -0.2) is 0 Å². The van der Waals surface area contributed by atoms with Crippen LogP contribution in [0.3, 0.4) is 0 Å². The van der Waals surface area contributed by atoms with Crippen molar-refractivity contribution >= 4 is 16.8 Å². The molecule has 1 aliphatic rings. The lowest BCUT2D eigenvalue weighted by Crippen LogP contribution is -1.93. The Bertz CT molecular complexity index is 563. The van der Waals surface area contributed by atoms with E-state index in [0.717, 1.165) is 0 Å². The third-order valence-corrected chi connectivity index (χ3v) is 3.73. The zero-order valence-electron chi connectivity index (χ0n) is 10.3. The lowest BCUT2D eigenvalue weighted by molar-refractivity contribution is 0.670. The van der Waals surface area contributed by atoms with Crippen LogP contribution in [-0.4, -0.2) is 0 Å². The molecule has 0 aromatic heterocycles. The molecule has 0 heteroatoms. The van der Waals surface area contributed by atoms with Crippen molar-refractivity contribution in [2.24, 2.45) is 0 Å². The van der Waals surface area contributed by atoms with E-state index in [1.54, 1.807) is 0 Å². The molecule has 2 aromatic carbocycles. The van der Waals surface area contributed by atoms with Crippen LogP contribution in [0.1, 0.15) is 43.2 Å². The van der Waals surface area contributed by atoms with E-state index in [0.29, 0.717) is 5.92 Å². The lowest BCUT2D eigenvalue weighted by atomic mass is 9.93. The summed E-state index contributed by atoms with van der Waals surface area (Å²) in [4.78, 5) is 0. The highest BCUT2D eigenvalue weighted by Gasteiger charge is 2.17. The van der Waals surface area contributed by atoms with Crippen molar-refractivity contribution in [2.45, 2.75) is 32.1 Å². The Morgan fingerprint density at radius 2 is 1.82 bits per heavy atom. The van der Waals surface area contributed by atoms with E-state index in [9.17, 15) is 0 Å². The zero-order chi connectivity index (χ0) is 11.7. The second-order valence-corrected chi connectivity index (χ2v) is 4.94. The monoisotopic (exact) mass is 222 g/mol. The lowest BCUT2D eigenvalue weighted by Gasteiger charge is -2.11.